The number of hydrogen-bond acceptors (Lipinski definition) is 5. The zero-order chi connectivity index (χ0) is 20.0. The molecule has 1 atom stereocenters. The molecule has 0 bridgehead atoms. The highest BCUT2D eigenvalue weighted by molar-refractivity contribution is 6.30. The lowest BCUT2D eigenvalue weighted by atomic mass is 10.1. The van der Waals surface area contributed by atoms with Crippen molar-refractivity contribution < 1.29 is 4.74 Å². The Balaban J connectivity index is 1.32. The van der Waals surface area contributed by atoms with Gasteiger partial charge in [0.05, 0.1) is 18.3 Å². The maximum absolute atomic E-state index is 12.6. The van der Waals surface area contributed by atoms with Crippen molar-refractivity contribution in [2.45, 2.75) is 50.8 Å². The molecule has 1 aromatic carbocycles. The molecule has 5 rings (SSSR count). The first-order chi connectivity index (χ1) is 14.1. The van der Waals surface area contributed by atoms with Crippen LogP contribution in [0.4, 0.5) is 0 Å². The molecule has 0 amide bonds. The number of halogens is 1. The number of fused-ring (bicyclic) bond motifs is 1. The Labute approximate surface area is 173 Å². The summed E-state index contributed by atoms with van der Waals surface area (Å²) in [5, 5.41) is 5.71. The number of hydrogen-bond donors (Lipinski definition) is 1. The molecule has 2 aromatic heterocycles. The first-order valence-electron chi connectivity index (χ1n) is 10.2. The normalized spacial score (nSPS) is 19.5. The van der Waals surface area contributed by atoms with E-state index >= 15 is 0 Å². The van der Waals surface area contributed by atoms with Crippen molar-refractivity contribution in [2.24, 2.45) is 0 Å². The molecule has 1 aliphatic carbocycles. The third-order valence-corrected chi connectivity index (χ3v) is 6.31. The number of rotatable bonds is 5. The number of ether oxygens (including phenoxy) is 1. The van der Waals surface area contributed by atoms with Gasteiger partial charge in [-0.05, 0) is 38.0 Å². The van der Waals surface area contributed by atoms with Crippen LogP contribution < -0.4 is 10.3 Å². The van der Waals surface area contributed by atoms with Crippen LogP contribution in [0.2, 0.25) is 5.02 Å². The van der Waals surface area contributed by atoms with Crippen LogP contribution in [0.15, 0.2) is 35.3 Å². The number of aromatic nitrogens is 4. The summed E-state index contributed by atoms with van der Waals surface area (Å²) in [6, 6.07) is 7.80. The first kappa shape index (κ1) is 18.6. The van der Waals surface area contributed by atoms with Crippen molar-refractivity contribution in [3.8, 4) is 5.75 Å². The Morgan fingerprint density at radius 3 is 2.83 bits per heavy atom. The SMILES string of the molecule is CC(c1nc2c(cnn2C2CCCC2)c(=O)[nH]1)N1CC(Oc2cccc(Cl)c2)C1. The van der Waals surface area contributed by atoms with Crippen molar-refractivity contribution in [3.05, 3.63) is 51.7 Å². The van der Waals surface area contributed by atoms with Crippen LogP contribution >= 0.6 is 11.6 Å². The van der Waals surface area contributed by atoms with Crippen LogP contribution in [0.1, 0.15) is 50.5 Å². The van der Waals surface area contributed by atoms with Gasteiger partial charge in [-0.3, -0.25) is 9.69 Å². The average Bonchev–Trinajstić information content (AvgIpc) is 3.33. The smallest absolute Gasteiger partial charge is 0.262 e. The third kappa shape index (κ3) is 3.53. The van der Waals surface area contributed by atoms with Crippen molar-refractivity contribution >= 4 is 22.6 Å². The Bertz CT molecular complexity index is 1080. The van der Waals surface area contributed by atoms with Gasteiger partial charge in [-0.1, -0.05) is 30.5 Å². The third-order valence-electron chi connectivity index (χ3n) is 6.07. The van der Waals surface area contributed by atoms with Crippen molar-refractivity contribution in [1.82, 2.24) is 24.6 Å². The number of benzene rings is 1. The molecule has 2 fully saturated rings. The standard InChI is InChI=1S/C21H24ClN5O2/c1-13(26-11-17(12-26)29-16-8-4-5-14(22)9-16)19-24-20-18(21(28)25-19)10-23-27(20)15-6-2-3-7-15/h4-5,8-10,13,15,17H,2-3,6-7,11-12H2,1H3,(H,24,25,28). The van der Waals surface area contributed by atoms with Gasteiger partial charge in [0.15, 0.2) is 5.65 Å². The number of likely N-dealkylation sites (tertiary alicyclic amines) is 1. The highest BCUT2D eigenvalue weighted by Gasteiger charge is 2.34. The summed E-state index contributed by atoms with van der Waals surface area (Å²) in [6.45, 7) is 3.62. The van der Waals surface area contributed by atoms with Gasteiger partial charge in [0.2, 0.25) is 0 Å². The molecule has 1 saturated heterocycles. The molecular weight excluding hydrogens is 390 g/mol. The predicted molar refractivity (Wildman–Crippen MR) is 112 cm³/mol. The molecular formula is C21H24ClN5O2. The highest BCUT2D eigenvalue weighted by Crippen LogP contribution is 2.31. The lowest BCUT2D eigenvalue weighted by Crippen LogP contribution is -2.54. The van der Waals surface area contributed by atoms with E-state index in [1.54, 1.807) is 6.20 Å². The molecule has 1 N–H and O–H groups in total. The van der Waals surface area contributed by atoms with E-state index < -0.39 is 0 Å². The highest BCUT2D eigenvalue weighted by atomic mass is 35.5. The van der Waals surface area contributed by atoms with Gasteiger partial charge in [0.25, 0.3) is 5.56 Å². The van der Waals surface area contributed by atoms with Crippen molar-refractivity contribution in [3.63, 3.8) is 0 Å². The summed E-state index contributed by atoms with van der Waals surface area (Å²) in [4.78, 5) is 22.6. The zero-order valence-electron chi connectivity index (χ0n) is 16.3. The summed E-state index contributed by atoms with van der Waals surface area (Å²) in [6.07, 6.45) is 6.37. The molecule has 1 aliphatic heterocycles. The summed E-state index contributed by atoms with van der Waals surface area (Å²) >= 11 is 6.02. The molecule has 1 saturated carbocycles. The summed E-state index contributed by atoms with van der Waals surface area (Å²) in [5.41, 5.74) is 0.586. The van der Waals surface area contributed by atoms with Crippen LogP contribution in [0, 0.1) is 0 Å². The van der Waals surface area contributed by atoms with E-state index in [1.807, 2.05) is 28.9 Å². The monoisotopic (exact) mass is 413 g/mol. The van der Waals surface area contributed by atoms with Crippen LogP contribution in [-0.2, 0) is 0 Å². The van der Waals surface area contributed by atoms with Crippen LogP contribution in [0.5, 0.6) is 5.75 Å². The maximum atomic E-state index is 12.6. The topological polar surface area (TPSA) is 76.0 Å². The fraction of sp³-hybridized carbons (Fsp3) is 0.476. The van der Waals surface area contributed by atoms with Gasteiger partial charge in [-0.2, -0.15) is 5.10 Å². The lowest BCUT2D eigenvalue weighted by molar-refractivity contribution is -0.00734. The summed E-state index contributed by atoms with van der Waals surface area (Å²) in [7, 11) is 0. The largest absolute Gasteiger partial charge is 0.488 e. The Hall–Kier alpha value is -2.38. The zero-order valence-corrected chi connectivity index (χ0v) is 17.1. The van der Waals surface area contributed by atoms with Gasteiger partial charge in [0, 0.05) is 18.1 Å². The lowest BCUT2D eigenvalue weighted by Gasteiger charge is -2.42. The van der Waals surface area contributed by atoms with E-state index in [1.165, 1.54) is 12.8 Å². The molecule has 8 heteroatoms. The molecule has 152 valence electrons. The first-order valence-corrected chi connectivity index (χ1v) is 10.6. The van der Waals surface area contributed by atoms with E-state index in [0.29, 0.717) is 27.9 Å². The summed E-state index contributed by atoms with van der Waals surface area (Å²) < 4.78 is 7.94. The minimum Gasteiger partial charge on any atom is -0.488 e. The maximum Gasteiger partial charge on any atom is 0.262 e. The number of H-pyrrole nitrogens is 1. The van der Waals surface area contributed by atoms with Gasteiger partial charge in [-0.25, -0.2) is 9.67 Å². The van der Waals surface area contributed by atoms with Gasteiger partial charge in [-0.15, -0.1) is 0 Å². The van der Waals surface area contributed by atoms with Crippen LogP contribution in [0.3, 0.4) is 0 Å². The second-order valence-electron chi connectivity index (χ2n) is 8.04. The Morgan fingerprint density at radius 1 is 1.28 bits per heavy atom. The van der Waals surface area contributed by atoms with E-state index in [-0.39, 0.29) is 17.7 Å². The van der Waals surface area contributed by atoms with Gasteiger partial charge in [0.1, 0.15) is 23.1 Å². The molecule has 3 heterocycles. The molecule has 3 aromatic rings. The molecule has 7 nitrogen and oxygen atoms in total. The minimum absolute atomic E-state index is 0.00163. The fourth-order valence-corrected chi connectivity index (χ4v) is 4.51. The van der Waals surface area contributed by atoms with Crippen LogP contribution in [0.25, 0.3) is 11.0 Å². The quantitative estimate of drug-likeness (QED) is 0.690. The van der Waals surface area contributed by atoms with E-state index in [2.05, 4.69) is 21.9 Å². The molecule has 0 radical (unpaired) electrons. The number of aromatic amines is 1. The minimum atomic E-state index is -0.117. The Kier molecular flexibility index (Phi) is 4.80. The van der Waals surface area contributed by atoms with Gasteiger partial charge < -0.3 is 9.72 Å². The number of nitrogens with one attached hydrogen (secondary N) is 1. The van der Waals surface area contributed by atoms with Crippen molar-refractivity contribution in [1.29, 1.82) is 0 Å². The molecule has 1 unspecified atom stereocenters. The number of nitrogens with zero attached hydrogens (tertiary/aromatic N) is 4. The molecule has 0 spiro atoms. The van der Waals surface area contributed by atoms with E-state index in [9.17, 15) is 4.79 Å². The predicted octanol–water partition coefficient (Wildman–Crippen LogP) is 3.71. The molecule has 2 aliphatic rings. The van der Waals surface area contributed by atoms with Gasteiger partial charge >= 0.3 is 0 Å². The second kappa shape index (κ2) is 7.46. The Morgan fingerprint density at radius 2 is 2.07 bits per heavy atom. The summed E-state index contributed by atoms with van der Waals surface area (Å²) in [5.74, 6) is 1.46. The second-order valence-corrected chi connectivity index (χ2v) is 8.48. The van der Waals surface area contributed by atoms with E-state index in [0.717, 1.165) is 31.7 Å². The average molecular weight is 414 g/mol. The molecule has 29 heavy (non-hydrogen) atoms. The fourth-order valence-electron chi connectivity index (χ4n) is 4.33. The van der Waals surface area contributed by atoms with Crippen LogP contribution in [-0.4, -0.2) is 43.8 Å². The van der Waals surface area contributed by atoms with E-state index in [4.69, 9.17) is 21.3 Å². The van der Waals surface area contributed by atoms with Crippen molar-refractivity contribution in [2.75, 3.05) is 13.1 Å².